The smallest absolute Gasteiger partial charge is 0.316 e. The van der Waals surface area contributed by atoms with E-state index in [0.29, 0.717) is 5.75 Å². The molecule has 0 aliphatic rings. The van der Waals surface area contributed by atoms with Crippen LogP contribution in [0.25, 0.3) is 0 Å². The van der Waals surface area contributed by atoms with Crippen LogP contribution in [0.4, 0.5) is 0 Å². The molecule has 0 amide bonds. The van der Waals surface area contributed by atoms with E-state index in [1.807, 2.05) is 32.9 Å². The lowest BCUT2D eigenvalue weighted by atomic mass is 9.91. The summed E-state index contributed by atoms with van der Waals surface area (Å²) >= 11 is 6.65. The van der Waals surface area contributed by atoms with Gasteiger partial charge < -0.3 is 4.74 Å². The molecule has 2 nitrogen and oxygen atoms in total. The first-order valence-electron chi connectivity index (χ1n) is 5.14. The van der Waals surface area contributed by atoms with Gasteiger partial charge in [-0.15, -0.1) is 0 Å². The molecule has 17 heavy (non-hydrogen) atoms. The van der Waals surface area contributed by atoms with Crippen molar-refractivity contribution in [3.63, 3.8) is 0 Å². The Hall–Kier alpha value is 0.880. The third-order valence-electron chi connectivity index (χ3n) is 2.59. The molecule has 5 heteroatoms. The van der Waals surface area contributed by atoms with Crippen molar-refractivity contribution in [2.24, 2.45) is 5.41 Å². The van der Waals surface area contributed by atoms with Crippen molar-refractivity contribution in [2.45, 2.75) is 27.2 Å². The summed E-state index contributed by atoms with van der Waals surface area (Å²) in [6, 6.07) is 4.01. The van der Waals surface area contributed by atoms with Gasteiger partial charge in [-0.3, -0.25) is 4.79 Å². The quantitative estimate of drug-likeness (QED) is 0.296. The fraction of sp³-hybridized carbons (Fsp3) is 0.417. The minimum Gasteiger partial charge on any atom is -0.424 e. The van der Waals surface area contributed by atoms with Crippen molar-refractivity contribution in [1.29, 1.82) is 0 Å². The van der Waals surface area contributed by atoms with Gasteiger partial charge in [0.1, 0.15) is 0 Å². The summed E-state index contributed by atoms with van der Waals surface area (Å²) in [6.45, 7) is 5.80. The number of hydrogen-bond acceptors (Lipinski definition) is 2. The Morgan fingerprint density at radius 1 is 1.24 bits per heavy atom. The normalized spacial score (nSPS) is 11.4. The fourth-order valence-corrected chi connectivity index (χ4v) is 4.80. The Bertz CT molecular complexity index is 418. The molecule has 0 aromatic heterocycles. The molecule has 0 heterocycles. The van der Waals surface area contributed by atoms with Crippen LogP contribution in [0.2, 0.25) is 0 Å². The van der Waals surface area contributed by atoms with Crippen LogP contribution in [0, 0.1) is 16.1 Å². The van der Waals surface area contributed by atoms with Crippen molar-refractivity contribution >= 4 is 73.7 Å². The largest absolute Gasteiger partial charge is 0.424 e. The van der Waals surface area contributed by atoms with Crippen LogP contribution in [0.3, 0.4) is 0 Å². The Morgan fingerprint density at radius 3 is 2.12 bits per heavy atom. The van der Waals surface area contributed by atoms with Crippen molar-refractivity contribution in [1.82, 2.24) is 0 Å². The van der Waals surface area contributed by atoms with Crippen molar-refractivity contribution in [3.8, 4) is 5.75 Å². The summed E-state index contributed by atoms with van der Waals surface area (Å²) in [5.74, 6) is 0.509. The molecule has 0 aliphatic carbocycles. The Kier molecular flexibility index (Phi) is 5.96. The molecule has 0 fully saturated rings. The average molecular weight is 570 g/mol. The maximum atomic E-state index is 12.0. The van der Waals surface area contributed by atoms with E-state index in [1.165, 1.54) is 0 Å². The van der Waals surface area contributed by atoms with Gasteiger partial charge in [-0.05, 0) is 100 Å². The summed E-state index contributed by atoms with van der Waals surface area (Å²) in [7, 11) is 0. The zero-order valence-electron chi connectivity index (χ0n) is 9.81. The molecule has 0 bridgehead atoms. The van der Waals surface area contributed by atoms with Crippen LogP contribution in [0.1, 0.15) is 27.2 Å². The average Bonchev–Trinajstić information content (AvgIpc) is 2.22. The van der Waals surface area contributed by atoms with E-state index >= 15 is 0 Å². The molecule has 0 saturated heterocycles. The number of rotatable bonds is 3. The van der Waals surface area contributed by atoms with Crippen LogP contribution >= 0.6 is 67.8 Å². The summed E-state index contributed by atoms with van der Waals surface area (Å²) in [5.41, 5.74) is -0.435. The van der Waals surface area contributed by atoms with Crippen LogP contribution in [-0.2, 0) is 4.79 Å². The van der Waals surface area contributed by atoms with Crippen LogP contribution < -0.4 is 4.74 Å². The third kappa shape index (κ3) is 4.19. The van der Waals surface area contributed by atoms with Crippen molar-refractivity contribution in [2.75, 3.05) is 0 Å². The van der Waals surface area contributed by atoms with Gasteiger partial charge in [0.05, 0.1) is 12.6 Å². The molecule has 0 radical (unpaired) electrons. The summed E-state index contributed by atoms with van der Waals surface area (Å²) in [6.07, 6.45) is 0.767. The molecule has 1 aromatic rings. The first-order valence-corrected chi connectivity index (χ1v) is 8.38. The highest BCUT2D eigenvalue weighted by atomic mass is 127. The van der Waals surface area contributed by atoms with E-state index in [0.717, 1.165) is 17.1 Å². The first kappa shape index (κ1) is 15.9. The van der Waals surface area contributed by atoms with E-state index in [9.17, 15) is 4.79 Å². The van der Waals surface area contributed by atoms with E-state index in [2.05, 4.69) is 67.8 Å². The fourth-order valence-electron chi connectivity index (χ4n) is 1.00. The van der Waals surface area contributed by atoms with E-state index in [4.69, 9.17) is 4.74 Å². The molecule has 0 aliphatic heterocycles. The van der Waals surface area contributed by atoms with Crippen molar-refractivity contribution in [3.05, 3.63) is 22.8 Å². The molecule has 1 aromatic carbocycles. The van der Waals surface area contributed by atoms with Gasteiger partial charge in [0.15, 0.2) is 5.75 Å². The molecular weight excluding hydrogens is 557 g/mol. The number of hydrogen-bond donors (Lipinski definition) is 0. The lowest BCUT2D eigenvalue weighted by Gasteiger charge is -2.21. The van der Waals surface area contributed by atoms with Gasteiger partial charge >= 0.3 is 5.97 Å². The van der Waals surface area contributed by atoms with Crippen molar-refractivity contribution < 1.29 is 9.53 Å². The molecule has 94 valence electrons. The molecule has 1 rings (SSSR count). The van der Waals surface area contributed by atoms with Gasteiger partial charge in [0.25, 0.3) is 0 Å². The highest BCUT2D eigenvalue weighted by molar-refractivity contribution is 14.1. The van der Waals surface area contributed by atoms with Gasteiger partial charge in [0, 0.05) is 3.57 Å². The van der Waals surface area contributed by atoms with E-state index in [1.54, 1.807) is 0 Å². The topological polar surface area (TPSA) is 26.3 Å². The van der Waals surface area contributed by atoms with E-state index in [-0.39, 0.29) is 5.97 Å². The van der Waals surface area contributed by atoms with Gasteiger partial charge in [-0.1, -0.05) is 6.92 Å². The monoisotopic (exact) mass is 570 g/mol. The number of halogens is 3. The molecule has 0 spiro atoms. The zero-order valence-corrected chi connectivity index (χ0v) is 16.3. The Labute approximate surface area is 143 Å². The SMILES string of the molecule is CCC(C)(C)C(=O)Oc1c(I)cc(I)cc1I. The standard InChI is InChI=1S/C12H13I3O2/c1-4-12(2,3)11(16)17-10-8(14)5-7(13)6-9(10)15/h5-6H,4H2,1-3H3. The predicted octanol–water partition coefficient (Wildman–Crippen LogP) is 4.84. The molecule has 0 atom stereocenters. The number of carbonyl (C=O) groups excluding carboxylic acids is 1. The molecule has 0 unspecified atom stereocenters. The minimum atomic E-state index is -0.435. The first-order chi connectivity index (χ1) is 7.77. The lowest BCUT2D eigenvalue weighted by molar-refractivity contribution is -0.144. The highest BCUT2D eigenvalue weighted by Crippen LogP contribution is 2.32. The maximum Gasteiger partial charge on any atom is 0.316 e. The number of ether oxygens (including phenoxy) is 1. The van der Waals surface area contributed by atoms with Crippen LogP contribution in [0.5, 0.6) is 5.75 Å². The second-order valence-corrected chi connectivity index (χ2v) is 7.90. The summed E-state index contributed by atoms with van der Waals surface area (Å²) < 4.78 is 8.62. The minimum absolute atomic E-state index is 0.169. The van der Waals surface area contributed by atoms with Crippen LogP contribution in [0.15, 0.2) is 12.1 Å². The second kappa shape index (κ2) is 6.36. The third-order valence-corrected chi connectivity index (χ3v) is 4.82. The Morgan fingerprint density at radius 2 is 1.71 bits per heavy atom. The van der Waals surface area contributed by atoms with E-state index < -0.39 is 5.41 Å². The molecular formula is C12H13I3O2. The number of carbonyl (C=O) groups is 1. The highest BCUT2D eigenvalue weighted by Gasteiger charge is 2.28. The van der Waals surface area contributed by atoms with Gasteiger partial charge in [0.2, 0.25) is 0 Å². The number of benzene rings is 1. The summed E-state index contributed by atoms with van der Waals surface area (Å²) in [5, 5.41) is 0. The number of esters is 1. The van der Waals surface area contributed by atoms with Gasteiger partial charge in [-0.25, -0.2) is 0 Å². The molecule has 0 N–H and O–H groups in total. The summed E-state index contributed by atoms with van der Waals surface area (Å²) in [4.78, 5) is 12.0. The van der Waals surface area contributed by atoms with Crippen LogP contribution in [-0.4, -0.2) is 5.97 Å². The zero-order chi connectivity index (χ0) is 13.2. The lowest BCUT2D eigenvalue weighted by Crippen LogP contribution is -2.28. The maximum absolute atomic E-state index is 12.0. The molecule has 0 saturated carbocycles. The predicted molar refractivity (Wildman–Crippen MR) is 94.3 cm³/mol. The Balaban J connectivity index is 3.01. The van der Waals surface area contributed by atoms with Gasteiger partial charge in [-0.2, -0.15) is 0 Å². The second-order valence-electron chi connectivity index (χ2n) is 4.33.